The van der Waals surface area contributed by atoms with E-state index < -0.39 is 0 Å². The third-order valence-electron chi connectivity index (χ3n) is 4.67. The summed E-state index contributed by atoms with van der Waals surface area (Å²) in [6, 6.07) is 8.97. The topological polar surface area (TPSA) is 3.24 Å². The van der Waals surface area contributed by atoms with Crippen molar-refractivity contribution < 1.29 is 0 Å². The van der Waals surface area contributed by atoms with Gasteiger partial charge in [-0.1, -0.05) is 52.3 Å². The summed E-state index contributed by atoms with van der Waals surface area (Å²) in [5.74, 6) is 0.793. The Labute approximate surface area is 119 Å². The third-order valence-corrected chi connectivity index (χ3v) is 4.67. The minimum Gasteiger partial charge on any atom is -0.371 e. The molecule has 1 aliphatic heterocycles. The van der Waals surface area contributed by atoms with E-state index in [0.29, 0.717) is 10.8 Å². The van der Waals surface area contributed by atoms with E-state index in [1.807, 2.05) is 0 Å². The zero-order valence-corrected chi connectivity index (χ0v) is 13.5. The highest BCUT2D eigenvalue weighted by Gasteiger charge is 2.41. The van der Waals surface area contributed by atoms with Crippen LogP contribution < -0.4 is 4.90 Å². The van der Waals surface area contributed by atoms with Gasteiger partial charge in [-0.25, -0.2) is 0 Å². The first-order chi connectivity index (χ1) is 8.70. The molecule has 1 aliphatic rings. The minimum atomic E-state index is 0.376. The van der Waals surface area contributed by atoms with E-state index in [1.165, 1.54) is 24.2 Å². The average Bonchev–Trinajstić information content (AvgIpc) is 2.26. The van der Waals surface area contributed by atoms with Crippen LogP contribution in [-0.2, 0) is 0 Å². The van der Waals surface area contributed by atoms with Crippen LogP contribution in [0.1, 0.15) is 46.6 Å². The van der Waals surface area contributed by atoms with E-state index in [1.54, 1.807) is 0 Å². The number of hydrogen-bond acceptors (Lipinski definition) is 1. The Balaban J connectivity index is 2.16. The lowest BCUT2D eigenvalue weighted by Crippen LogP contribution is -2.49. The second-order valence-electron chi connectivity index (χ2n) is 7.95. The van der Waals surface area contributed by atoms with Crippen molar-refractivity contribution in [3.05, 3.63) is 29.8 Å². The maximum absolute atomic E-state index is 2.56. The molecule has 0 bridgehead atoms. The van der Waals surface area contributed by atoms with Gasteiger partial charge in [0.15, 0.2) is 0 Å². The summed E-state index contributed by atoms with van der Waals surface area (Å²) in [6.45, 7) is 16.5. The largest absolute Gasteiger partial charge is 0.371 e. The summed E-state index contributed by atoms with van der Waals surface area (Å²) < 4.78 is 0. The number of rotatable bonds is 1. The van der Waals surface area contributed by atoms with E-state index in [9.17, 15) is 0 Å². The lowest BCUT2D eigenvalue weighted by atomic mass is 9.62. The molecule has 2 rings (SSSR count). The van der Waals surface area contributed by atoms with Crippen LogP contribution in [0.4, 0.5) is 5.69 Å². The molecular weight excluding hydrogens is 230 g/mol. The number of benzene rings is 1. The SMILES string of the molecule is Cc1ccc(N2CCC(C(C)(C)C)C(C)(C)C2)cc1. The van der Waals surface area contributed by atoms with E-state index in [2.05, 4.69) is 70.7 Å². The highest BCUT2D eigenvalue weighted by molar-refractivity contribution is 5.48. The predicted molar refractivity (Wildman–Crippen MR) is 84.7 cm³/mol. The second-order valence-corrected chi connectivity index (χ2v) is 7.95. The van der Waals surface area contributed by atoms with Gasteiger partial charge in [0.25, 0.3) is 0 Å². The number of anilines is 1. The summed E-state index contributed by atoms with van der Waals surface area (Å²) in [4.78, 5) is 2.56. The van der Waals surface area contributed by atoms with Crippen molar-refractivity contribution in [2.24, 2.45) is 16.7 Å². The van der Waals surface area contributed by atoms with Gasteiger partial charge < -0.3 is 4.90 Å². The molecule has 1 unspecified atom stereocenters. The molecule has 1 aromatic rings. The molecule has 1 heteroatoms. The van der Waals surface area contributed by atoms with Crippen LogP contribution in [0.25, 0.3) is 0 Å². The lowest BCUT2D eigenvalue weighted by Gasteiger charge is -2.50. The van der Waals surface area contributed by atoms with Crippen LogP contribution >= 0.6 is 0 Å². The second kappa shape index (κ2) is 4.85. The molecule has 0 saturated carbocycles. The molecule has 1 aromatic carbocycles. The quantitative estimate of drug-likeness (QED) is 0.694. The summed E-state index contributed by atoms with van der Waals surface area (Å²) >= 11 is 0. The van der Waals surface area contributed by atoms with Gasteiger partial charge in [-0.05, 0) is 42.2 Å². The van der Waals surface area contributed by atoms with Gasteiger partial charge in [-0.2, -0.15) is 0 Å². The maximum atomic E-state index is 2.56. The number of aryl methyl sites for hydroxylation is 1. The molecule has 1 atom stereocenters. The molecule has 1 nitrogen and oxygen atoms in total. The van der Waals surface area contributed by atoms with Gasteiger partial charge in [-0.3, -0.25) is 0 Å². The Kier molecular flexibility index (Phi) is 3.68. The van der Waals surface area contributed by atoms with Crippen molar-refractivity contribution in [3.63, 3.8) is 0 Å². The van der Waals surface area contributed by atoms with Crippen LogP contribution in [0, 0.1) is 23.7 Å². The van der Waals surface area contributed by atoms with E-state index in [4.69, 9.17) is 0 Å². The average molecular weight is 259 g/mol. The molecule has 106 valence electrons. The van der Waals surface area contributed by atoms with Crippen LogP contribution in [-0.4, -0.2) is 13.1 Å². The van der Waals surface area contributed by atoms with Crippen molar-refractivity contribution >= 4 is 5.69 Å². The fourth-order valence-electron chi connectivity index (χ4n) is 3.94. The molecule has 1 heterocycles. The predicted octanol–water partition coefficient (Wildman–Crippen LogP) is 4.89. The van der Waals surface area contributed by atoms with Crippen molar-refractivity contribution in [1.29, 1.82) is 0 Å². The molecular formula is C18H29N. The van der Waals surface area contributed by atoms with Crippen molar-refractivity contribution in [2.75, 3.05) is 18.0 Å². The number of hydrogen-bond donors (Lipinski definition) is 0. The Morgan fingerprint density at radius 3 is 2.16 bits per heavy atom. The summed E-state index contributed by atoms with van der Waals surface area (Å²) in [6.07, 6.45) is 1.30. The van der Waals surface area contributed by atoms with Crippen molar-refractivity contribution in [3.8, 4) is 0 Å². The first-order valence-electron chi connectivity index (χ1n) is 7.52. The van der Waals surface area contributed by atoms with Crippen LogP contribution in [0.3, 0.4) is 0 Å². The monoisotopic (exact) mass is 259 g/mol. The maximum Gasteiger partial charge on any atom is 0.0366 e. The van der Waals surface area contributed by atoms with E-state index >= 15 is 0 Å². The zero-order chi connectivity index (χ0) is 14.3. The highest BCUT2D eigenvalue weighted by Crippen LogP contribution is 2.46. The standard InChI is InChI=1S/C18H29N/c1-14-7-9-15(10-8-14)19-12-11-16(17(2,3)4)18(5,6)13-19/h7-10,16H,11-13H2,1-6H3. The van der Waals surface area contributed by atoms with E-state index in [0.717, 1.165) is 12.5 Å². The minimum absolute atomic E-state index is 0.376. The summed E-state index contributed by atoms with van der Waals surface area (Å²) in [5.41, 5.74) is 3.50. The smallest absolute Gasteiger partial charge is 0.0366 e. The first-order valence-corrected chi connectivity index (χ1v) is 7.52. The van der Waals surface area contributed by atoms with Gasteiger partial charge in [0, 0.05) is 18.8 Å². The molecule has 1 saturated heterocycles. The molecule has 0 aliphatic carbocycles. The Hall–Kier alpha value is -0.980. The van der Waals surface area contributed by atoms with Gasteiger partial charge in [0.1, 0.15) is 0 Å². The third kappa shape index (κ3) is 3.13. The normalized spacial score (nSPS) is 23.5. The van der Waals surface area contributed by atoms with Gasteiger partial charge >= 0.3 is 0 Å². The molecule has 19 heavy (non-hydrogen) atoms. The van der Waals surface area contributed by atoms with Gasteiger partial charge in [0.05, 0.1) is 0 Å². The van der Waals surface area contributed by atoms with Gasteiger partial charge in [-0.15, -0.1) is 0 Å². The summed E-state index contributed by atoms with van der Waals surface area (Å²) in [5, 5.41) is 0. The van der Waals surface area contributed by atoms with Crippen molar-refractivity contribution in [1.82, 2.24) is 0 Å². The zero-order valence-electron chi connectivity index (χ0n) is 13.5. The number of nitrogens with zero attached hydrogens (tertiary/aromatic N) is 1. The summed E-state index contributed by atoms with van der Waals surface area (Å²) in [7, 11) is 0. The molecule has 0 radical (unpaired) electrons. The Morgan fingerprint density at radius 1 is 1.11 bits per heavy atom. The Morgan fingerprint density at radius 2 is 1.68 bits per heavy atom. The van der Waals surface area contributed by atoms with Crippen LogP contribution in [0.5, 0.6) is 0 Å². The van der Waals surface area contributed by atoms with Crippen LogP contribution in [0.15, 0.2) is 24.3 Å². The molecule has 0 N–H and O–H groups in total. The Bertz CT molecular complexity index is 422. The molecule has 1 fully saturated rings. The molecule has 0 aromatic heterocycles. The lowest BCUT2D eigenvalue weighted by molar-refractivity contribution is 0.0654. The molecule has 0 amide bonds. The highest BCUT2D eigenvalue weighted by atomic mass is 15.1. The van der Waals surface area contributed by atoms with Gasteiger partial charge in [0.2, 0.25) is 0 Å². The fourth-order valence-corrected chi connectivity index (χ4v) is 3.94. The molecule has 0 spiro atoms. The van der Waals surface area contributed by atoms with Crippen molar-refractivity contribution in [2.45, 2.75) is 48.0 Å². The fraction of sp³-hybridized carbons (Fsp3) is 0.667. The van der Waals surface area contributed by atoms with E-state index in [-0.39, 0.29) is 0 Å². The first kappa shape index (κ1) is 14.4. The van der Waals surface area contributed by atoms with Crippen LogP contribution in [0.2, 0.25) is 0 Å². The number of piperidine rings is 1.